The molecular weight excluding hydrogens is 302 g/mol. The highest BCUT2D eigenvalue weighted by atomic mass is 32.2. The number of aryl methyl sites for hydroxylation is 2. The Morgan fingerprint density at radius 1 is 1.19 bits per heavy atom. The molecule has 21 heavy (non-hydrogen) atoms. The van der Waals surface area contributed by atoms with Crippen molar-refractivity contribution in [3.63, 3.8) is 0 Å². The summed E-state index contributed by atoms with van der Waals surface area (Å²) in [6, 6.07) is 9.01. The van der Waals surface area contributed by atoms with Gasteiger partial charge in [-0.25, -0.2) is 12.4 Å². The highest BCUT2D eigenvalue weighted by Crippen LogP contribution is 2.30. The molecular formula is C16H19NO2S2. The van der Waals surface area contributed by atoms with E-state index in [4.69, 9.17) is 0 Å². The summed E-state index contributed by atoms with van der Waals surface area (Å²) in [6.45, 7) is 1.96. The topological polar surface area (TPSA) is 39.1 Å². The van der Waals surface area contributed by atoms with Gasteiger partial charge in [0.15, 0.2) is 0 Å². The number of fused-ring (bicyclic) bond motifs is 1. The highest BCUT2D eigenvalue weighted by Gasteiger charge is 2.26. The van der Waals surface area contributed by atoms with Crippen LogP contribution in [0.2, 0.25) is 0 Å². The molecule has 112 valence electrons. The van der Waals surface area contributed by atoms with Crippen LogP contribution >= 0.6 is 11.8 Å². The number of nitrogens with zero attached hydrogens (tertiary/aromatic N) is 1. The van der Waals surface area contributed by atoms with Gasteiger partial charge in [0, 0.05) is 23.6 Å². The molecule has 0 fully saturated rings. The van der Waals surface area contributed by atoms with E-state index in [1.807, 2.05) is 36.9 Å². The third-order valence-corrected chi connectivity index (χ3v) is 6.91. The van der Waals surface area contributed by atoms with Gasteiger partial charge in [-0.1, -0.05) is 17.7 Å². The lowest BCUT2D eigenvalue weighted by Gasteiger charge is -2.22. The van der Waals surface area contributed by atoms with Crippen LogP contribution in [0.15, 0.2) is 41.4 Å². The van der Waals surface area contributed by atoms with Gasteiger partial charge in [0.1, 0.15) is 0 Å². The predicted molar refractivity (Wildman–Crippen MR) is 87.5 cm³/mol. The highest BCUT2D eigenvalue weighted by molar-refractivity contribution is 7.99. The van der Waals surface area contributed by atoms with E-state index in [2.05, 4.69) is 6.26 Å². The summed E-state index contributed by atoms with van der Waals surface area (Å²) in [5.41, 5.74) is 3.20. The zero-order valence-corrected chi connectivity index (χ0v) is 13.9. The zero-order chi connectivity index (χ0) is 15.0. The zero-order valence-electron chi connectivity index (χ0n) is 12.2. The Kier molecular flexibility index (Phi) is 3.88. The van der Waals surface area contributed by atoms with Gasteiger partial charge < -0.3 is 0 Å². The fourth-order valence-corrected chi connectivity index (χ4v) is 4.91. The van der Waals surface area contributed by atoms with Crippen LogP contribution < -0.4 is 0 Å². The van der Waals surface area contributed by atoms with Gasteiger partial charge in [-0.3, -0.25) is 0 Å². The molecule has 5 heteroatoms. The number of benzene rings is 1. The van der Waals surface area contributed by atoms with E-state index in [1.54, 1.807) is 18.3 Å². The van der Waals surface area contributed by atoms with Crippen molar-refractivity contribution in [1.29, 1.82) is 0 Å². The lowest BCUT2D eigenvalue weighted by molar-refractivity contribution is 0.581. The second-order valence-corrected chi connectivity index (χ2v) is 8.46. The lowest BCUT2D eigenvalue weighted by atomic mass is 9.98. The van der Waals surface area contributed by atoms with Gasteiger partial charge in [-0.15, -0.1) is 0 Å². The Morgan fingerprint density at radius 3 is 2.57 bits per heavy atom. The van der Waals surface area contributed by atoms with Crippen LogP contribution in [0.5, 0.6) is 0 Å². The first-order valence-corrected chi connectivity index (χ1v) is 9.79. The maximum absolute atomic E-state index is 12.8. The van der Waals surface area contributed by atoms with Crippen LogP contribution in [0.4, 0.5) is 0 Å². The molecule has 1 heterocycles. The monoisotopic (exact) mass is 321 g/mol. The van der Waals surface area contributed by atoms with Gasteiger partial charge in [0.2, 0.25) is 0 Å². The number of thioether (sulfide) groups is 1. The summed E-state index contributed by atoms with van der Waals surface area (Å²) in [7, 11) is -3.48. The number of hydrogen-bond acceptors (Lipinski definition) is 3. The molecule has 1 aromatic carbocycles. The third-order valence-electron chi connectivity index (χ3n) is 4.12. The summed E-state index contributed by atoms with van der Waals surface area (Å²) >= 11 is 1.82. The predicted octanol–water partition coefficient (Wildman–Crippen LogP) is 3.25. The quantitative estimate of drug-likeness (QED) is 0.871. The van der Waals surface area contributed by atoms with Gasteiger partial charge in [0.05, 0.1) is 4.90 Å². The second kappa shape index (κ2) is 5.54. The summed E-state index contributed by atoms with van der Waals surface area (Å²) < 4.78 is 27.1. The van der Waals surface area contributed by atoms with Crippen molar-refractivity contribution < 1.29 is 8.42 Å². The van der Waals surface area contributed by atoms with E-state index in [0.717, 1.165) is 30.5 Å². The van der Waals surface area contributed by atoms with Crippen LogP contribution in [0, 0.1) is 6.92 Å². The van der Waals surface area contributed by atoms with Crippen molar-refractivity contribution in [3.8, 4) is 0 Å². The van der Waals surface area contributed by atoms with Crippen molar-refractivity contribution in [3.05, 3.63) is 53.3 Å². The third kappa shape index (κ3) is 2.64. The molecule has 2 aromatic rings. The Labute approximate surface area is 130 Å². The SMILES string of the molecule is CSC1CCc2ccn(S(=O)(=O)c3ccc(C)cc3)c2C1. The van der Waals surface area contributed by atoms with E-state index in [1.165, 1.54) is 9.54 Å². The summed E-state index contributed by atoms with van der Waals surface area (Å²) in [5, 5.41) is 0.513. The van der Waals surface area contributed by atoms with Crippen molar-refractivity contribution in [2.45, 2.75) is 36.3 Å². The Morgan fingerprint density at radius 2 is 1.90 bits per heavy atom. The molecule has 1 aliphatic rings. The van der Waals surface area contributed by atoms with Crippen molar-refractivity contribution in [1.82, 2.24) is 3.97 Å². The number of hydrogen-bond donors (Lipinski definition) is 0. The molecule has 1 aliphatic carbocycles. The van der Waals surface area contributed by atoms with Gasteiger partial charge in [-0.2, -0.15) is 11.8 Å². The molecule has 3 nitrogen and oxygen atoms in total. The molecule has 0 saturated carbocycles. The van der Waals surface area contributed by atoms with Crippen molar-refractivity contribution in [2.24, 2.45) is 0 Å². The van der Waals surface area contributed by atoms with Crippen LogP contribution in [0.1, 0.15) is 23.2 Å². The molecule has 0 bridgehead atoms. The van der Waals surface area contributed by atoms with Crippen LogP contribution in [0.3, 0.4) is 0 Å². The van der Waals surface area contributed by atoms with Crippen LogP contribution in [0.25, 0.3) is 0 Å². The number of aromatic nitrogens is 1. The van der Waals surface area contributed by atoms with E-state index in [-0.39, 0.29) is 0 Å². The average Bonchev–Trinajstić information content (AvgIpc) is 2.91. The minimum atomic E-state index is -3.48. The Hall–Kier alpha value is -1.20. The summed E-state index contributed by atoms with van der Waals surface area (Å²) in [4.78, 5) is 0.359. The fourth-order valence-electron chi connectivity index (χ4n) is 2.82. The van der Waals surface area contributed by atoms with Crippen molar-refractivity contribution in [2.75, 3.05) is 6.26 Å². The maximum atomic E-state index is 12.8. The second-order valence-electron chi connectivity index (χ2n) is 5.50. The minimum absolute atomic E-state index is 0.359. The van der Waals surface area contributed by atoms with E-state index >= 15 is 0 Å². The fraction of sp³-hybridized carbons (Fsp3) is 0.375. The summed E-state index contributed by atoms with van der Waals surface area (Å²) in [6.07, 6.45) is 6.73. The molecule has 0 saturated heterocycles. The van der Waals surface area contributed by atoms with E-state index in [9.17, 15) is 8.42 Å². The van der Waals surface area contributed by atoms with Crippen LogP contribution in [-0.2, 0) is 22.9 Å². The molecule has 1 unspecified atom stereocenters. The molecule has 1 aromatic heterocycles. The van der Waals surface area contributed by atoms with Crippen LogP contribution in [-0.4, -0.2) is 23.9 Å². The Balaban J connectivity index is 2.05. The molecule has 3 rings (SSSR count). The molecule has 0 amide bonds. The number of rotatable bonds is 3. The van der Waals surface area contributed by atoms with Crippen molar-refractivity contribution >= 4 is 21.8 Å². The first-order chi connectivity index (χ1) is 10.0. The van der Waals surface area contributed by atoms with Gasteiger partial charge in [0.25, 0.3) is 10.0 Å². The standard InChI is InChI=1S/C16H19NO2S2/c1-12-3-7-15(8-4-12)21(18,19)17-10-9-13-5-6-14(20-2)11-16(13)17/h3-4,7-10,14H,5-6,11H2,1-2H3. The molecule has 0 N–H and O–H groups in total. The lowest BCUT2D eigenvalue weighted by Crippen LogP contribution is -2.22. The Bertz CT molecular complexity index is 745. The smallest absolute Gasteiger partial charge is 0.246 e. The normalized spacial score (nSPS) is 18.5. The maximum Gasteiger partial charge on any atom is 0.267 e. The van der Waals surface area contributed by atoms with E-state index < -0.39 is 10.0 Å². The largest absolute Gasteiger partial charge is 0.267 e. The molecule has 0 aliphatic heterocycles. The minimum Gasteiger partial charge on any atom is -0.246 e. The first-order valence-electron chi connectivity index (χ1n) is 7.06. The van der Waals surface area contributed by atoms with Gasteiger partial charge >= 0.3 is 0 Å². The molecule has 0 spiro atoms. The molecule has 0 radical (unpaired) electrons. The molecule has 1 atom stereocenters. The average molecular weight is 321 g/mol. The van der Waals surface area contributed by atoms with E-state index in [0.29, 0.717) is 10.1 Å². The van der Waals surface area contributed by atoms with Gasteiger partial charge in [-0.05, 0) is 49.8 Å². The summed E-state index contributed by atoms with van der Waals surface area (Å²) in [5.74, 6) is 0. The first kappa shape index (κ1) is 14.7.